The van der Waals surface area contributed by atoms with Crippen molar-refractivity contribution < 1.29 is 29.0 Å². The second-order valence-electron chi connectivity index (χ2n) is 6.33. The van der Waals surface area contributed by atoms with E-state index in [0.29, 0.717) is 11.4 Å². The van der Waals surface area contributed by atoms with Crippen molar-refractivity contribution in [2.24, 2.45) is 17.2 Å². The molecule has 10 nitrogen and oxygen atoms in total. The van der Waals surface area contributed by atoms with Crippen molar-refractivity contribution in [2.75, 3.05) is 5.73 Å². The molecular formula is C22H20N4O6. The van der Waals surface area contributed by atoms with Crippen LogP contribution in [0.25, 0.3) is 0 Å². The number of phenolic OH excluding ortho intramolecular Hbond substituents is 1. The fourth-order valence-corrected chi connectivity index (χ4v) is 2.49. The van der Waals surface area contributed by atoms with Crippen LogP contribution in [-0.4, -0.2) is 28.8 Å². The lowest BCUT2D eigenvalue weighted by atomic mass is 10.0. The number of para-hydroxylation sites is 1. The van der Waals surface area contributed by atoms with Gasteiger partial charge in [-0.25, -0.2) is 4.79 Å². The van der Waals surface area contributed by atoms with E-state index in [-0.39, 0.29) is 28.0 Å². The van der Waals surface area contributed by atoms with Gasteiger partial charge in [-0.15, -0.1) is 0 Å². The van der Waals surface area contributed by atoms with Crippen molar-refractivity contribution in [3.63, 3.8) is 0 Å². The van der Waals surface area contributed by atoms with Gasteiger partial charge in [0.15, 0.2) is 0 Å². The Morgan fingerprint density at radius 1 is 0.688 bits per heavy atom. The number of carbonyl (C=O) groups excluding carboxylic acids is 4. The number of carbonyl (C=O) groups is 4. The largest absolute Gasteiger partial charge is 0.507 e. The summed E-state index contributed by atoms with van der Waals surface area (Å²) in [4.78, 5) is 44.4. The van der Waals surface area contributed by atoms with Gasteiger partial charge < -0.3 is 32.8 Å². The topological polar surface area (TPSA) is 202 Å². The first-order valence-electron chi connectivity index (χ1n) is 8.99. The Hall–Kier alpha value is -4.86. The fourth-order valence-electron chi connectivity index (χ4n) is 2.49. The minimum atomic E-state index is -0.841. The number of phenols is 1. The molecule has 9 N–H and O–H groups in total. The molecule has 0 spiro atoms. The summed E-state index contributed by atoms with van der Waals surface area (Å²) in [6, 6.07) is 16.6. The molecule has 0 bridgehead atoms. The monoisotopic (exact) mass is 436 g/mol. The molecular weight excluding hydrogens is 416 g/mol. The molecule has 32 heavy (non-hydrogen) atoms. The zero-order valence-electron chi connectivity index (χ0n) is 16.6. The molecule has 3 amide bonds. The lowest BCUT2D eigenvalue weighted by molar-refractivity contribution is 0.0731. The van der Waals surface area contributed by atoms with E-state index in [1.807, 2.05) is 6.07 Å². The van der Waals surface area contributed by atoms with Crippen molar-refractivity contribution in [1.29, 1.82) is 0 Å². The first-order chi connectivity index (χ1) is 15.1. The number of primary amides is 3. The number of esters is 1. The zero-order chi connectivity index (χ0) is 23.8. The fraction of sp³-hybridized carbons (Fsp3) is 0. The number of ether oxygens (including phenoxy) is 1. The van der Waals surface area contributed by atoms with E-state index >= 15 is 0 Å². The predicted octanol–water partition coefficient (Wildman–Crippen LogP) is 1.18. The Labute approximate surface area is 182 Å². The van der Waals surface area contributed by atoms with E-state index in [1.54, 1.807) is 24.3 Å². The van der Waals surface area contributed by atoms with Gasteiger partial charge in [-0.1, -0.05) is 18.2 Å². The van der Waals surface area contributed by atoms with E-state index in [0.717, 1.165) is 6.07 Å². The lowest BCUT2D eigenvalue weighted by Crippen LogP contribution is -2.22. The van der Waals surface area contributed by atoms with Gasteiger partial charge >= 0.3 is 5.97 Å². The first kappa shape index (κ1) is 23.4. The zero-order valence-corrected chi connectivity index (χ0v) is 16.6. The highest BCUT2D eigenvalue weighted by molar-refractivity contribution is 6.08. The highest BCUT2D eigenvalue weighted by Gasteiger charge is 2.15. The van der Waals surface area contributed by atoms with Crippen LogP contribution in [0.5, 0.6) is 11.5 Å². The van der Waals surface area contributed by atoms with Crippen LogP contribution in [-0.2, 0) is 0 Å². The van der Waals surface area contributed by atoms with Crippen molar-refractivity contribution in [3.8, 4) is 11.5 Å². The molecule has 164 valence electrons. The number of anilines is 1. The van der Waals surface area contributed by atoms with Crippen LogP contribution >= 0.6 is 0 Å². The second kappa shape index (κ2) is 10.3. The van der Waals surface area contributed by atoms with Gasteiger partial charge in [-0.2, -0.15) is 0 Å². The molecule has 3 rings (SSSR count). The third kappa shape index (κ3) is 6.07. The molecule has 3 aromatic carbocycles. The Bertz CT molecular complexity index is 1180. The van der Waals surface area contributed by atoms with Gasteiger partial charge in [0.25, 0.3) is 0 Å². The summed E-state index contributed by atoms with van der Waals surface area (Å²) in [7, 11) is 0. The summed E-state index contributed by atoms with van der Waals surface area (Å²) in [5.74, 6) is -2.73. The van der Waals surface area contributed by atoms with Gasteiger partial charge in [0.05, 0.1) is 11.1 Å². The number of hydrogen-bond acceptors (Lipinski definition) is 7. The molecule has 0 saturated carbocycles. The van der Waals surface area contributed by atoms with E-state index < -0.39 is 23.7 Å². The summed E-state index contributed by atoms with van der Waals surface area (Å²) in [5.41, 5.74) is 20.9. The number of benzene rings is 3. The van der Waals surface area contributed by atoms with Crippen LogP contribution in [0, 0.1) is 0 Å². The highest BCUT2D eigenvalue weighted by atomic mass is 16.5. The number of amides is 3. The third-order valence-electron chi connectivity index (χ3n) is 4.03. The number of nitrogens with two attached hydrogens (primary N) is 4. The van der Waals surface area contributed by atoms with Crippen LogP contribution in [0.2, 0.25) is 0 Å². The Morgan fingerprint density at radius 3 is 1.81 bits per heavy atom. The van der Waals surface area contributed by atoms with Gasteiger partial charge in [-0.3, -0.25) is 14.4 Å². The molecule has 0 aliphatic rings. The van der Waals surface area contributed by atoms with E-state index in [2.05, 4.69) is 0 Å². The molecule has 0 radical (unpaired) electrons. The van der Waals surface area contributed by atoms with Gasteiger partial charge in [0.1, 0.15) is 17.1 Å². The van der Waals surface area contributed by atoms with Crippen LogP contribution in [0.1, 0.15) is 41.4 Å². The lowest BCUT2D eigenvalue weighted by Gasteiger charge is -2.06. The molecule has 0 heterocycles. The molecule has 0 aliphatic heterocycles. The van der Waals surface area contributed by atoms with Gasteiger partial charge in [-0.05, 0) is 42.5 Å². The number of nitrogen functional groups attached to an aromatic ring is 1. The van der Waals surface area contributed by atoms with Crippen LogP contribution in [0.3, 0.4) is 0 Å². The number of rotatable bonds is 5. The summed E-state index contributed by atoms with van der Waals surface area (Å²) < 4.78 is 5.08. The van der Waals surface area contributed by atoms with Crippen molar-refractivity contribution >= 4 is 29.4 Å². The smallest absolute Gasteiger partial charge is 0.347 e. The third-order valence-corrected chi connectivity index (χ3v) is 4.03. The first-order valence-corrected chi connectivity index (χ1v) is 8.99. The molecule has 3 aromatic rings. The SMILES string of the molecule is NC(=O)c1ccc(C(N)=O)c(C(N)=O)c1.Nc1ccc(C(=O)Oc2ccccc2)c(O)c1. The maximum Gasteiger partial charge on any atom is 0.347 e. The molecule has 0 unspecified atom stereocenters. The van der Waals surface area contributed by atoms with E-state index in [1.165, 1.54) is 30.3 Å². The normalized spacial score (nSPS) is 9.75. The van der Waals surface area contributed by atoms with Crippen LogP contribution in [0.4, 0.5) is 5.69 Å². The highest BCUT2D eigenvalue weighted by Crippen LogP contribution is 2.22. The van der Waals surface area contributed by atoms with Crippen molar-refractivity contribution in [1.82, 2.24) is 0 Å². The van der Waals surface area contributed by atoms with Gasteiger partial charge in [0, 0.05) is 17.3 Å². The molecule has 10 heteroatoms. The van der Waals surface area contributed by atoms with Crippen LogP contribution in [0.15, 0.2) is 66.7 Å². The Morgan fingerprint density at radius 2 is 1.28 bits per heavy atom. The summed E-state index contributed by atoms with van der Waals surface area (Å²) >= 11 is 0. The maximum absolute atomic E-state index is 11.7. The van der Waals surface area contributed by atoms with Gasteiger partial charge in [0.2, 0.25) is 17.7 Å². The predicted molar refractivity (Wildman–Crippen MR) is 116 cm³/mol. The summed E-state index contributed by atoms with van der Waals surface area (Å²) in [6.45, 7) is 0. The van der Waals surface area contributed by atoms with E-state index in [9.17, 15) is 24.3 Å². The molecule has 0 aromatic heterocycles. The Kier molecular flexibility index (Phi) is 7.50. The number of aromatic hydroxyl groups is 1. The second-order valence-corrected chi connectivity index (χ2v) is 6.33. The molecule has 0 saturated heterocycles. The minimum Gasteiger partial charge on any atom is -0.507 e. The summed E-state index contributed by atoms with van der Waals surface area (Å²) in [5, 5.41) is 9.56. The number of hydrogen-bond donors (Lipinski definition) is 5. The molecule has 0 atom stereocenters. The summed E-state index contributed by atoms with van der Waals surface area (Å²) in [6.07, 6.45) is 0. The minimum absolute atomic E-state index is 0.0347. The quantitative estimate of drug-likeness (QED) is 0.224. The van der Waals surface area contributed by atoms with Crippen molar-refractivity contribution in [2.45, 2.75) is 0 Å². The van der Waals surface area contributed by atoms with E-state index in [4.69, 9.17) is 27.7 Å². The Balaban J connectivity index is 0.000000229. The molecule has 0 fully saturated rings. The standard InChI is InChI=1S/C13H11NO3.C9H9N3O3/c14-9-6-7-11(12(15)8-9)13(16)17-10-4-2-1-3-5-10;10-7(13)4-1-2-5(8(11)14)6(3-4)9(12)15/h1-8,15H,14H2;1-3H,(H2,10,13)(H2,11,14)(H2,12,15). The average molecular weight is 436 g/mol. The molecule has 0 aliphatic carbocycles. The average Bonchev–Trinajstić information content (AvgIpc) is 2.74. The maximum atomic E-state index is 11.7. The van der Waals surface area contributed by atoms with Crippen LogP contribution < -0.4 is 27.7 Å². The van der Waals surface area contributed by atoms with Crippen molar-refractivity contribution in [3.05, 3.63) is 89.0 Å².